The molecule has 0 aliphatic heterocycles. The van der Waals surface area contributed by atoms with Crippen molar-refractivity contribution in [1.82, 2.24) is 4.98 Å². The normalized spacial score (nSPS) is 11.0. The Morgan fingerprint density at radius 2 is 1.91 bits per heavy atom. The summed E-state index contributed by atoms with van der Waals surface area (Å²) in [5.41, 5.74) is 2.79. The standard InChI is InChI=1S/C18H13BrFNO2/c1-9-13(20)6-7-14-15(9)16(18(22)23)10(2)17(21-14)11-4-3-5-12(19)8-11/h3-8H,1-2H3,(H,22,23). The largest absolute Gasteiger partial charge is 0.478 e. The molecular formula is C18H13BrFNO2. The second kappa shape index (κ2) is 5.74. The van der Waals surface area contributed by atoms with E-state index in [0.29, 0.717) is 27.7 Å². The molecule has 0 atom stereocenters. The van der Waals surface area contributed by atoms with Gasteiger partial charge in [-0.25, -0.2) is 14.2 Å². The van der Waals surface area contributed by atoms with Crippen molar-refractivity contribution in [2.24, 2.45) is 0 Å². The van der Waals surface area contributed by atoms with Gasteiger partial charge in [-0.05, 0) is 49.2 Å². The van der Waals surface area contributed by atoms with Crippen LogP contribution in [0, 0.1) is 19.7 Å². The average Bonchev–Trinajstić information content (AvgIpc) is 2.50. The summed E-state index contributed by atoms with van der Waals surface area (Å²) < 4.78 is 14.8. The fraction of sp³-hybridized carbons (Fsp3) is 0.111. The topological polar surface area (TPSA) is 50.2 Å². The van der Waals surface area contributed by atoms with E-state index in [1.807, 2.05) is 24.3 Å². The van der Waals surface area contributed by atoms with Crippen molar-refractivity contribution in [3.8, 4) is 11.3 Å². The molecule has 0 saturated carbocycles. The summed E-state index contributed by atoms with van der Waals surface area (Å²) in [6.45, 7) is 3.28. The maximum absolute atomic E-state index is 13.9. The number of hydrogen-bond donors (Lipinski definition) is 1. The van der Waals surface area contributed by atoms with Gasteiger partial charge < -0.3 is 5.11 Å². The highest BCUT2D eigenvalue weighted by molar-refractivity contribution is 9.10. The van der Waals surface area contributed by atoms with Gasteiger partial charge in [0.25, 0.3) is 0 Å². The number of carboxylic acids is 1. The number of nitrogens with zero attached hydrogens (tertiary/aromatic N) is 1. The number of carboxylic acid groups (broad SMARTS) is 1. The Morgan fingerprint density at radius 1 is 1.17 bits per heavy atom. The monoisotopic (exact) mass is 373 g/mol. The molecule has 2 aromatic carbocycles. The van der Waals surface area contributed by atoms with E-state index in [1.165, 1.54) is 12.1 Å². The minimum absolute atomic E-state index is 0.0991. The highest BCUT2D eigenvalue weighted by Gasteiger charge is 2.21. The summed E-state index contributed by atoms with van der Waals surface area (Å²) in [5, 5.41) is 10.0. The van der Waals surface area contributed by atoms with Crippen molar-refractivity contribution in [3.05, 3.63) is 63.4 Å². The van der Waals surface area contributed by atoms with Crippen LogP contribution in [0.5, 0.6) is 0 Å². The van der Waals surface area contributed by atoms with Crippen LogP contribution in [-0.4, -0.2) is 16.1 Å². The van der Waals surface area contributed by atoms with Crippen LogP contribution in [0.2, 0.25) is 0 Å². The Labute approximate surface area is 140 Å². The van der Waals surface area contributed by atoms with Gasteiger partial charge in [-0.1, -0.05) is 28.1 Å². The molecule has 0 radical (unpaired) electrons. The van der Waals surface area contributed by atoms with Crippen LogP contribution >= 0.6 is 15.9 Å². The third kappa shape index (κ3) is 2.61. The average molecular weight is 374 g/mol. The van der Waals surface area contributed by atoms with E-state index in [1.54, 1.807) is 13.8 Å². The first-order valence-electron chi connectivity index (χ1n) is 6.98. The van der Waals surface area contributed by atoms with Crippen molar-refractivity contribution in [1.29, 1.82) is 0 Å². The molecule has 116 valence electrons. The van der Waals surface area contributed by atoms with Crippen molar-refractivity contribution in [2.45, 2.75) is 13.8 Å². The molecule has 23 heavy (non-hydrogen) atoms. The van der Waals surface area contributed by atoms with E-state index in [9.17, 15) is 14.3 Å². The van der Waals surface area contributed by atoms with Crippen molar-refractivity contribution < 1.29 is 14.3 Å². The number of benzene rings is 2. The van der Waals surface area contributed by atoms with Crippen LogP contribution in [0.4, 0.5) is 4.39 Å². The summed E-state index contributed by atoms with van der Waals surface area (Å²) in [4.78, 5) is 16.4. The van der Waals surface area contributed by atoms with E-state index >= 15 is 0 Å². The number of rotatable bonds is 2. The molecule has 0 aliphatic carbocycles. The Bertz CT molecular complexity index is 953. The molecule has 1 N–H and O–H groups in total. The lowest BCUT2D eigenvalue weighted by atomic mass is 9.95. The Morgan fingerprint density at radius 3 is 2.57 bits per heavy atom. The maximum atomic E-state index is 13.9. The highest BCUT2D eigenvalue weighted by atomic mass is 79.9. The van der Waals surface area contributed by atoms with Crippen LogP contribution in [0.15, 0.2) is 40.9 Å². The quantitative estimate of drug-likeness (QED) is 0.678. The van der Waals surface area contributed by atoms with Gasteiger partial charge in [0.1, 0.15) is 5.82 Å². The molecule has 0 fully saturated rings. The molecule has 3 aromatic rings. The number of carbonyl (C=O) groups is 1. The van der Waals surface area contributed by atoms with E-state index in [4.69, 9.17) is 0 Å². The predicted molar refractivity (Wildman–Crippen MR) is 91.3 cm³/mol. The van der Waals surface area contributed by atoms with Gasteiger partial charge in [0.15, 0.2) is 0 Å². The van der Waals surface area contributed by atoms with Gasteiger partial charge in [0, 0.05) is 15.4 Å². The molecular weight excluding hydrogens is 361 g/mol. The Kier molecular flexibility index (Phi) is 3.90. The van der Waals surface area contributed by atoms with Crippen LogP contribution in [0.1, 0.15) is 21.5 Å². The number of aryl methyl sites for hydroxylation is 1. The second-order valence-corrected chi connectivity index (χ2v) is 6.26. The van der Waals surface area contributed by atoms with Gasteiger partial charge in [0.2, 0.25) is 0 Å². The van der Waals surface area contributed by atoms with Crippen molar-refractivity contribution in [2.75, 3.05) is 0 Å². The van der Waals surface area contributed by atoms with Crippen molar-refractivity contribution >= 4 is 32.8 Å². The SMILES string of the molecule is Cc1c(-c2cccc(Br)c2)nc2ccc(F)c(C)c2c1C(=O)O. The second-order valence-electron chi connectivity index (χ2n) is 5.34. The van der Waals surface area contributed by atoms with E-state index in [-0.39, 0.29) is 5.56 Å². The zero-order valence-electron chi connectivity index (χ0n) is 12.5. The fourth-order valence-corrected chi connectivity index (χ4v) is 3.17. The first-order valence-corrected chi connectivity index (χ1v) is 7.78. The fourth-order valence-electron chi connectivity index (χ4n) is 2.78. The zero-order valence-corrected chi connectivity index (χ0v) is 14.1. The van der Waals surface area contributed by atoms with E-state index in [0.717, 1.165) is 10.0 Å². The summed E-state index contributed by atoms with van der Waals surface area (Å²) in [6, 6.07) is 10.3. The van der Waals surface area contributed by atoms with Gasteiger partial charge in [-0.3, -0.25) is 0 Å². The molecule has 0 unspecified atom stereocenters. The van der Waals surface area contributed by atoms with Crippen LogP contribution in [0.25, 0.3) is 22.2 Å². The molecule has 0 amide bonds. The lowest BCUT2D eigenvalue weighted by molar-refractivity contribution is 0.0698. The predicted octanol–water partition coefficient (Wildman–Crippen LogP) is 5.12. The summed E-state index contributed by atoms with van der Waals surface area (Å²) in [5.74, 6) is -1.52. The zero-order chi connectivity index (χ0) is 16.7. The third-order valence-electron chi connectivity index (χ3n) is 3.90. The number of halogens is 2. The van der Waals surface area contributed by atoms with Crippen molar-refractivity contribution in [3.63, 3.8) is 0 Å². The van der Waals surface area contributed by atoms with E-state index < -0.39 is 11.8 Å². The molecule has 3 nitrogen and oxygen atoms in total. The number of hydrogen-bond acceptors (Lipinski definition) is 2. The maximum Gasteiger partial charge on any atom is 0.336 e. The molecule has 1 heterocycles. The number of aromatic nitrogens is 1. The molecule has 1 aromatic heterocycles. The molecule has 0 saturated heterocycles. The van der Waals surface area contributed by atoms with Crippen LogP contribution in [0.3, 0.4) is 0 Å². The van der Waals surface area contributed by atoms with Gasteiger partial charge in [-0.2, -0.15) is 0 Å². The van der Waals surface area contributed by atoms with Crippen LogP contribution < -0.4 is 0 Å². The number of fused-ring (bicyclic) bond motifs is 1. The first-order chi connectivity index (χ1) is 10.9. The summed E-state index contributed by atoms with van der Waals surface area (Å²) in [7, 11) is 0. The summed E-state index contributed by atoms with van der Waals surface area (Å²) >= 11 is 3.41. The molecule has 0 aliphatic rings. The smallest absolute Gasteiger partial charge is 0.336 e. The van der Waals surface area contributed by atoms with Gasteiger partial charge >= 0.3 is 5.97 Å². The van der Waals surface area contributed by atoms with Crippen LogP contribution in [-0.2, 0) is 0 Å². The van der Waals surface area contributed by atoms with Gasteiger partial charge in [0.05, 0.1) is 16.8 Å². The Balaban J connectivity index is 2.45. The first kappa shape index (κ1) is 15.6. The summed E-state index contributed by atoms with van der Waals surface area (Å²) in [6.07, 6.45) is 0. The Hall–Kier alpha value is -2.27. The minimum atomic E-state index is -1.08. The lowest BCUT2D eigenvalue weighted by Gasteiger charge is -2.14. The minimum Gasteiger partial charge on any atom is -0.478 e. The molecule has 3 rings (SSSR count). The highest BCUT2D eigenvalue weighted by Crippen LogP contribution is 2.33. The molecule has 0 bridgehead atoms. The van der Waals surface area contributed by atoms with E-state index in [2.05, 4.69) is 20.9 Å². The van der Waals surface area contributed by atoms with Gasteiger partial charge in [-0.15, -0.1) is 0 Å². The molecule has 5 heteroatoms. The molecule has 0 spiro atoms. The third-order valence-corrected chi connectivity index (χ3v) is 4.39. The number of aromatic carboxylic acids is 1. The number of pyridine rings is 1. The lowest BCUT2D eigenvalue weighted by Crippen LogP contribution is -2.06.